The van der Waals surface area contributed by atoms with Gasteiger partial charge >= 0.3 is 6.18 Å². The predicted molar refractivity (Wildman–Crippen MR) is 70.1 cm³/mol. The van der Waals surface area contributed by atoms with Crippen molar-refractivity contribution in [3.8, 4) is 0 Å². The second-order valence-electron chi connectivity index (χ2n) is 5.39. The smallest absolute Gasteiger partial charge is 0.380 e. The molecule has 0 aromatic heterocycles. The average Bonchev–Trinajstić information content (AvgIpc) is 2.38. The number of hydrogen-bond acceptors (Lipinski definition) is 2. The molecule has 1 saturated carbocycles. The fourth-order valence-corrected chi connectivity index (χ4v) is 2.83. The summed E-state index contributed by atoms with van der Waals surface area (Å²) in [4.78, 5) is 0. The average molecular weight is 281 g/mol. The van der Waals surface area contributed by atoms with Crippen molar-refractivity contribution >= 4 is 0 Å². The molecule has 5 heteroatoms. The van der Waals surface area contributed by atoms with E-state index in [4.69, 9.17) is 4.74 Å². The van der Waals surface area contributed by atoms with Gasteiger partial charge in [0.05, 0.1) is 12.5 Å². The van der Waals surface area contributed by atoms with E-state index in [9.17, 15) is 13.2 Å². The molecule has 0 spiro atoms. The summed E-state index contributed by atoms with van der Waals surface area (Å²) >= 11 is 0. The predicted octanol–water partition coefficient (Wildman–Crippen LogP) is 3.76. The van der Waals surface area contributed by atoms with Gasteiger partial charge < -0.3 is 10.1 Å². The van der Waals surface area contributed by atoms with Crippen LogP contribution in [0, 0.1) is 11.8 Å². The lowest BCUT2D eigenvalue weighted by atomic mass is 9.77. The molecule has 0 aromatic carbocycles. The molecule has 0 aromatic rings. The van der Waals surface area contributed by atoms with Gasteiger partial charge in [0.15, 0.2) is 0 Å². The normalized spacial score (nSPS) is 26.4. The SMILES string of the molecule is CCCNC(COCC)C1CCCC(C(F)(F)F)C1. The monoisotopic (exact) mass is 281 g/mol. The van der Waals surface area contributed by atoms with E-state index >= 15 is 0 Å². The molecule has 2 nitrogen and oxygen atoms in total. The first-order valence-corrected chi connectivity index (χ1v) is 7.36. The van der Waals surface area contributed by atoms with E-state index in [0.29, 0.717) is 19.6 Å². The van der Waals surface area contributed by atoms with Gasteiger partial charge in [0, 0.05) is 12.6 Å². The van der Waals surface area contributed by atoms with Crippen molar-refractivity contribution < 1.29 is 17.9 Å². The van der Waals surface area contributed by atoms with Crippen LogP contribution in [-0.2, 0) is 4.74 Å². The molecule has 0 saturated heterocycles. The Morgan fingerprint density at radius 3 is 2.58 bits per heavy atom. The summed E-state index contributed by atoms with van der Waals surface area (Å²) in [5.74, 6) is -1.04. The summed E-state index contributed by atoms with van der Waals surface area (Å²) in [5, 5.41) is 3.35. The second-order valence-corrected chi connectivity index (χ2v) is 5.39. The first-order valence-electron chi connectivity index (χ1n) is 7.36. The Kier molecular flexibility index (Phi) is 7.15. The quantitative estimate of drug-likeness (QED) is 0.767. The third-order valence-corrected chi connectivity index (χ3v) is 3.90. The van der Waals surface area contributed by atoms with Crippen molar-refractivity contribution in [3.05, 3.63) is 0 Å². The van der Waals surface area contributed by atoms with Crippen LogP contribution in [0.1, 0.15) is 46.0 Å². The number of alkyl halides is 3. The third-order valence-electron chi connectivity index (χ3n) is 3.90. The van der Waals surface area contributed by atoms with Gasteiger partial charge in [-0.3, -0.25) is 0 Å². The summed E-state index contributed by atoms with van der Waals surface area (Å²) in [6, 6.07) is 0.0602. The molecule has 1 N–H and O–H groups in total. The van der Waals surface area contributed by atoms with Crippen LogP contribution in [0.3, 0.4) is 0 Å². The van der Waals surface area contributed by atoms with Gasteiger partial charge in [-0.05, 0) is 45.1 Å². The van der Waals surface area contributed by atoms with E-state index in [2.05, 4.69) is 12.2 Å². The van der Waals surface area contributed by atoms with Gasteiger partial charge in [0.25, 0.3) is 0 Å². The van der Waals surface area contributed by atoms with Crippen molar-refractivity contribution in [2.45, 2.75) is 58.2 Å². The lowest BCUT2D eigenvalue weighted by Crippen LogP contribution is -2.44. The standard InChI is InChI=1S/C14H26F3NO/c1-3-8-18-13(10-19-4-2)11-6-5-7-12(9-11)14(15,16)17/h11-13,18H,3-10H2,1-2H3. The molecule has 1 rings (SSSR count). The molecule has 0 bridgehead atoms. The molecule has 0 radical (unpaired) electrons. The number of rotatable bonds is 7. The zero-order valence-electron chi connectivity index (χ0n) is 11.9. The highest BCUT2D eigenvalue weighted by molar-refractivity contribution is 4.85. The van der Waals surface area contributed by atoms with Gasteiger partial charge in [-0.15, -0.1) is 0 Å². The lowest BCUT2D eigenvalue weighted by Gasteiger charge is -2.35. The van der Waals surface area contributed by atoms with Gasteiger partial charge in [-0.2, -0.15) is 13.2 Å². The first-order chi connectivity index (χ1) is 8.99. The van der Waals surface area contributed by atoms with Gasteiger partial charge in [-0.25, -0.2) is 0 Å². The van der Waals surface area contributed by atoms with Gasteiger partial charge in [0.1, 0.15) is 0 Å². The molecule has 0 amide bonds. The van der Waals surface area contributed by atoms with E-state index in [-0.39, 0.29) is 24.8 Å². The minimum Gasteiger partial charge on any atom is -0.380 e. The van der Waals surface area contributed by atoms with Crippen LogP contribution < -0.4 is 5.32 Å². The highest BCUT2D eigenvalue weighted by Gasteiger charge is 2.43. The Balaban J connectivity index is 2.56. The van der Waals surface area contributed by atoms with Crippen molar-refractivity contribution in [3.63, 3.8) is 0 Å². The highest BCUT2D eigenvalue weighted by Crippen LogP contribution is 2.40. The summed E-state index contributed by atoms with van der Waals surface area (Å²) < 4.78 is 43.9. The van der Waals surface area contributed by atoms with E-state index in [0.717, 1.165) is 19.4 Å². The first kappa shape index (κ1) is 16.8. The Bertz CT molecular complexity index is 237. The van der Waals surface area contributed by atoms with Crippen molar-refractivity contribution in [1.29, 1.82) is 0 Å². The van der Waals surface area contributed by atoms with Crippen LogP contribution in [0.15, 0.2) is 0 Å². The summed E-state index contributed by atoms with van der Waals surface area (Å²) in [5.41, 5.74) is 0. The summed E-state index contributed by atoms with van der Waals surface area (Å²) in [6.45, 7) is 5.94. The zero-order chi connectivity index (χ0) is 14.3. The van der Waals surface area contributed by atoms with Crippen molar-refractivity contribution in [2.24, 2.45) is 11.8 Å². The van der Waals surface area contributed by atoms with Crippen LogP contribution in [0.25, 0.3) is 0 Å². The fourth-order valence-electron chi connectivity index (χ4n) is 2.83. The van der Waals surface area contributed by atoms with Crippen molar-refractivity contribution in [2.75, 3.05) is 19.8 Å². The molecule has 0 heterocycles. The molecule has 1 aliphatic rings. The Labute approximate surface area is 114 Å². The molecule has 1 fully saturated rings. The van der Waals surface area contributed by atoms with Crippen LogP contribution in [0.4, 0.5) is 13.2 Å². The topological polar surface area (TPSA) is 21.3 Å². The number of ether oxygens (including phenoxy) is 1. The molecule has 19 heavy (non-hydrogen) atoms. The molecule has 0 aliphatic heterocycles. The van der Waals surface area contributed by atoms with Crippen molar-refractivity contribution in [1.82, 2.24) is 5.32 Å². The molecular weight excluding hydrogens is 255 g/mol. The minimum absolute atomic E-state index is 0.0602. The van der Waals surface area contributed by atoms with E-state index in [1.54, 1.807) is 0 Å². The molecule has 3 unspecified atom stereocenters. The number of hydrogen-bond donors (Lipinski definition) is 1. The highest BCUT2D eigenvalue weighted by atomic mass is 19.4. The maximum atomic E-state index is 12.8. The van der Waals surface area contributed by atoms with E-state index in [1.165, 1.54) is 0 Å². The van der Waals surface area contributed by atoms with Gasteiger partial charge in [-0.1, -0.05) is 13.3 Å². The third kappa shape index (κ3) is 5.69. The van der Waals surface area contributed by atoms with E-state index < -0.39 is 12.1 Å². The van der Waals surface area contributed by atoms with Crippen LogP contribution in [0.2, 0.25) is 0 Å². The second kappa shape index (κ2) is 8.10. The Morgan fingerprint density at radius 2 is 2.00 bits per heavy atom. The maximum Gasteiger partial charge on any atom is 0.391 e. The van der Waals surface area contributed by atoms with Crippen LogP contribution in [-0.4, -0.2) is 32.0 Å². The molecule has 3 atom stereocenters. The lowest BCUT2D eigenvalue weighted by molar-refractivity contribution is -0.187. The zero-order valence-corrected chi connectivity index (χ0v) is 11.9. The Morgan fingerprint density at radius 1 is 1.26 bits per heavy atom. The minimum atomic E-state index is -4.04. The number of halogens is 3. The number of nitrogens with one attached hydrogen (secondary N) is 1. The van der Waals surface area contributed by atoms with E-state index in [1.807, 2.05) is 6.92 Å². The van der Waals surface area contributed by atoms with Gasteiger partial charge in [0.2, 0.25) is 0 Å². The molecule has 114 valence electrons. The van der Waals surface area contributed by atoms with Crippen LogP contribution in [0.5, 0.6) is 0 Å². The largest absolute Gasteiger partial charge is 0.391 e. The fraction of sp³-hybridized carbons (Fsp3) is 1.00. The maximum absolute atomic E-state index is 12.8. The molecule has 1 aliphatic carbocycles. The summed E-state index contributed by atoms with van der Waals surface area (Å²) in [6.07, 6.45) is -0.975. The van der Waals surface area contributed by atoms with Crippen LogP contribution >= 0.6 is 0 Å². The summed E-state index contributed by atoms with van der Waals surface area (Å²) in [7, 11) is 0. The molecular formula is C14H26F3NO. The Hall–Kier alpha value is -0.290.